The molecule has 18 heavy (non-hydrogen) atoms. The maximum atomic E-state index is 12.5. The van der Waals surface area contributed by atoms with Crippen LogP contribution in [-0.4, -0.2) is 65.9 Å². The van der Waals surface area contributed by atoms with Crippen molar-refractivity contribution in [3.05, 3.63) is 0 Å². The lowest BCUT2D eigenvalue weighted by molar-refractivity contribution is 0.0307. The van der Waals surface area contributed by atoms with Crippen molar-refractivity contribution >= 4 is 6.03 Å². The molecule has 104 valence electrons. The highest BCUT2D eigenvalue weighted by Crippen LogP contribution is 2.22. The van der Waals surface area contributed by atoms with Crippen LogP contribution in [0.3, 0.4) is 0 Å². The van der Waals surface area contributed by atoms with Gasteiger partial charge in [0.2, 0.25) is 0 Å². The molecule has 5 heteroatoms. The van der Waals surface area contributed by atoms with Crippen molar-refractivity contribution in [2.75, 3.05) is 32.8 Å². The van der Waals surface area contributed by atoms with E-state index in [-0.39, 0.29) is 18.2 Å². The van der Waals surface area contributed by atoms with Crippen molar-refractivity contribution in [2.24, 2.45) is 0 Å². The molecule has 0 saturated carbocycles. The first kappa shape index (κ1) is 13.6. The van der Waals surface area contributed by atoms with Crippen LogP contribution in [0.1, 0.15) is 32.6 Å². The first-order valence-electron chi connectivity index (χ1n) is 7.00. The van der Waals surface area contributed by atoms with Gasteiger partial charge in [-0.05, 0) is 32.6 Å². The number of likely N-dealkylation sites (tertiary alicyclic amines) is 1. The molecule has 0 aliphatic carbocycles. The van der Waals surface area contributed by atoms with Gasteiger partial charge in [-0.1, -0.05) is 0 Å². The van der Waals surface area contributed by atoms with Crippen LogP contribution in [0.5, 0.6) is 0 Å². The quantitative estimate of drug-likeness (QED) is 0.804. The molecule has 2 amide bonds. The summed E-state index contributed by atoms with van der Waals surface area (Å²) in [5.41, 5.74) is 0. The number of carbonyl (C=O) groups is 1. The van der Waals surface area contributed by atoms with Crippen LogP contribution in [0, 0.1) is 0 Å². The zero-order chi connectivity index (χ0) is 13.0. The molecule has 2 heterocycles. The van der Waals surface area contributed by atoms with Crippen molar-refractivity contribution in [1.82, 2.24) is 9.80 Å². The van der Waals surface area contributed by atoms with Crippen LogP contribution in [0.25, 0.3) is 0 Å². The number of urea groups is 1. The fraction of sp³-hybridized carbons (Fsp3) is 0.923. The number of hydrogen-bond acceptors (Lipinski definition) is 3. The minimum atomic E-state index is -0.340. The molecule has 1 N–H and O–H groups in total. The Hall–Kier alpha value is -0.810. The van der Waals surface area contributed by atoms with Crippen molar-refractivity contribution in [3.8, 4) is 0 Å². The molecule has 2 saturated heterocycles. The van der Waals surface area contributed by atoms with Crippen molar-refractivity contribution in [1.29, 1.82) is 0 Å². The number of amides is 2. The van der Waals surface area contributed by atoms with E-state index < -0.39 is 0 Å². The Morgan fingerprint density at radius 2 is 2.06 bits per heavy atom. The number of aliphatic hydroxyl groups is 1. The second kappa shape index (κ2) is 6.38. The Labute approximate surface area is 109 Å². The highest BCUT2D eigenvalue weighted by Gasteiger charge is 2.31. The van der Waals surface area contributed by atoms with Gasteiger partial charge in [-0.2, -0.15) is 0 Å². The largest absolute Gasteiger partial charge is 0.393 e. The molecule has 0 aromatic rings. The second-order valence-electron chi connectivity index (χ2n) is 5.31. The monoisotopic (exact) mass is 256 g/mol. The van der Waals surface area contributed by atoms with Gasteiger partial charge in [-0.3, -0.25) is 0 Å². The van der Waals surface area contributed by atoms with E-state index >= 15 is 0 Å². The van der Waals surface area contributed by atoms with E-state index in [0.29, 0.717) is 32.7 Å². The summed E-state index contributed by atoms with van der Waals surface area (Å²) in [6, 6.07) is 0.331. The summed E-state index contributed by atoms with van der Waals surface area (Å²) < 4.78 is 5.28. The van der Waals surface area contributed by atoms with Gasteiger partial charge < -0.3 is 19.6 Å². The molecule has 0 radical (unpaired) electrons. The lowest BCUT2D eigenvalue weighted by atomic mass is 9.97. The van der Waals surface area contributed by atoms with Crippen LogP contribution in [0.15, 0.2) is 0 Å². The summed E-state index contributed by atoms with van der Waals surface area (Å²) >= 11 is 0. The van der Waals surface area contributed by atoms with Crippen molar-refractivity contribution in [2.45, 2.75) is 44.8 Å². The first-order chi connectivity index (χ1) is 8.68. The maximum Gasteiger partial charge on any atom is 0.320 e. The minimum Gasteiger partial charge on any atom is -0.393 e. The van der Waals surface area contributed by atoms with Crippen molar-refractivity contribution in [3.63, 3.8) is 0 Å². The summed E-state index contributed by atoms with van der Waals surface area (Å²) in [7, 11) is 0. The molecule has 5 nitrogen and oxygen atoms in total. The number of nitrogens with zero attached hydrogens (tertiary/aromatic N) is 2. The molecule has 0 aromatic heterocycles. The Morgan fingerprint density at radius 1 is 1.33 bits per heavy atom. The summed E-state index contributed by atoms with van der Waals surface area (Å²) in [6.45, 7) is 5.29. The lowest BCUT2D eigenvalue weighted by Gasteiger charge is -2.40. The Kier molecular flexibility index (Phi) is 4.83. The van der Waals surface area contributed by atoms with E-state index in [1.807, 2.05) is 9.80 Å². The van der Waals surface area contributed by atoms with Gasteiger partial charge >= 0.3 is 6.03 Å². The Morgan fingerprint density at radius 3 is 2.72 bits per heavy atom. The molecular formula is C13H24N2O3. The Balaban J connectivity index is 1.96. The molecule has 2 aliphatic rings. The number of aliphatic hydroxyl groups excluding tert-OH is 1. The number of ether oxygens (including phenoxy) is 1. The summed E-state index contributed by atoms with van der Waals surface area (Å²) in [5, 5.41) is 9.54. The van der Waals surface area contributed by atoms with Gasteiger partial charge in [-0.15, -0.1) is 0 Å². The lowest BCUT2D eigenvalue weighted by Crippen LogP contribution is -2.53. The molecule has 0 aromatic carbocycles. The third-order valence-electron chi connectivity index (χ3n) is 3.77. The molecule has 2 aliphatic heterocycles. The van der Waals surface area contributed by atoms with E-state index in [2.05, 4.69) is 0 Å². The molecular weight excluding hydrogens is 232 g/mol. The van der Waals surface area contributed by atoms with E-state index in [1.165, 1.54) is 0 Å². The van der Waals surface area contributed by atoms with Crippen molar-refractivity contribution < 1.29 is 14.6 Å². The second-order valence-corrected chi connectivity index (χ2v) is 5.31. The van der Waals surface area contributed by atoms with Gasteiger partial charge in [-0.25, -0.2) is 4.79 Å². The van der Waals surface area contributed by atoms with Gasteiger partial charge in [0.25, 0.3) is 0 Å². The summed E-state index contributed by atoms with van der Waals surface area (Å²) in [4.78, 5) is 16.3. The van der Waals surface area contributed by atoms with Crippen LogP contribution >= 0.6 is 0 Å². The summed E-state index contributed by atoms with van der Waals surface area (Å²) in [6.07, 6.45) is 3.60. The maximum absolute atomic E-state index is 12.5. The molecule has 2 unspecified atom stereocenters. The Bertz CT molecular complexity index is 277. The predicted molar refractivity (Wildman–Crippen MR) is 68.4 cm³/mol. The SMILES string of the molecule is CC(O)CC1CCCCN1C(=O)N1CCOCC1. The highest BCUT2D eigenvalue weighted by molar-refractivity contribution is 5.75. The average molecular weight is 256 g/mol. The molecule has 0 spiro atoms. The van der Waals surface area contributed by atoms with E-state index in [9.17, 15) is 9.90 Å². The van der Waals surface area contributed by atoms with Crippen LogP contribution < -0.4 is 0 Å². The smallest absolute Gasteiger partial charge is 0.320 e. The summed E-state index contributed by atoms with van der Waals surface area (Å²) in [5.74, 6) is 0. The molecule has 2 fully saturated rings. The first-order valence-corrected chi connectivity index (χ1v) is 7.00. The van der Waals surface area contributed by atoms with E-state index in [1.54, 1.807) is 6.92 Å². The van der Waals surface area contributed by atoms with Crippen LogP contribution in [0.2, 0.25) is 0 Å². The zero-order valence-electron chi connectivity index (χ0n) is 11.2. The number of piperidine rings is 1. The predicted octanol–water partition coefficient (Wildman–Crippen LogP) is 1.06. The average Bonchev–Trinajstić information content (AvgIpc) is 2.39. The topological polar surface area (TPSA) is 53.0 Å². The van der Waals surface area contributed by atoms with Crippen LogP contribution in [0.4, 0.5) is 4.79 Å². The van der Waals surface area contributed by atoms with Gasteiger partial charge in [0.1, 0.15) is 0 Å². The highest BCUT2D eigenvalue weighted by atomic mass is 16.5. The normalized spacial score (nSPS) is 27.1. The standard InChI is InChI=1S/C13H24N2O3/c1-11(16)10-12-4-2-3-5-15(12)13(17)14-6-8-18-9-7-14/h11-12,16H,2-10H2,1H3. The van der Waals surface area contributed by atoms with E-state index in [4.69, 9.17) is 4.74 Å². The third kappa shape index (κ3) is 3.36. The van der Waals surface area contributed by atoms with Crippen LogP contribution in [-0.2, 0) is 4.74 Å². The van der Waals surface area contributed by atoms with E-state index in [0.717, 1.165) is 25.8 Å². The third-order valence-corrected chi connectivity index (χ3v) is 3.77. The molecule has 0 bridgehead atoms. The number of rotatable bonds is 2. The van der Waals surface area contributed by atoms with Gasteiger partial charge in [0, 0.05) is 25.7 Å². The number of carbonyl (C=O) groups excluding carboxylic acids is 1. The number of hydrogen-bond donors (Lipinski definition) is 1. The molecule has 2 rings (SSSR count). The minimum absolute atomic E-state index is 0.128. The van der Waals surface area contributed by atoms with Gasteiger partial charge in [0.15, 0.2) is 0 Å². The fourth-order valence-corrected chi connectivity index (χ4v) is 2.83. The zero-order valence-corrected chi connectivity index (χ0v) is 11.2. The van der Waals surface area contributed by atoms with Gasteiger partial charge in [0.05, 0.1) is 19.3 Å². The molecule has 2 atom stereocenters. The fourth-order valence-electron chi connectivity index (χ4n) is 2.83. The number of morpholine rings is 1.